The fraction of sp³-hybridized carbons (Fsp3) is 0.700. The fourth-order valence-electron chi connectivity index (χ4n) is 1.65. The molecule has 0 saturated carbocycles. The second kappa shape index (κ2) is 4.53. The van der Waals surface area contributed by atoms with Crippen LogP contribution in [-0.2, 0) is 17.8 Å². The summed E-state index contributed by atoms with van der Waals surface area (Å²) in [6, 6.07) is 0. The monoisotopic (exact) mass is 209 g/mol. The Kier molecular flexibility index (Phi) is 3.11. The van der Waals surface area contributed by atoms with Crippen LogP contribution in [0.5, 0.6) is 0 Å². The van der Waals surface area contributed by atoms with Crippen LogP contribution in [0.2, 0.25) is 0 Å². The molecular weight excluding hydrogens is 194 g/mol. The first-order chi connectivity index (χ1) is 7.28. The zero-order valence-electron chi connectivity index (χ0n) is 8.90. The van der Waals surface area contributed by atoms with Gasteiger partial charge in [0.25, 0.3) is 0 Å². The number of likely N-dealkylation sites (tertiary alicyclic amines) is 1. The van der Waals surface area contributed by atoms with E-state index in [4.69, 9.17) is 4.42 Å². The maximum atomic E-state index is 11.0. The number of carbonyl (C=O) groups excluding carboxylic acids is 1. The summed E-state index contributed by atoms with van der Waals surface area (Å²) in [5.41, 5.74) is 0. The predicted octanol–water partition coefficient (Wildman–Crippen LogP) is 0.797. The molecule has 0 aliphatic carbocycles. The van der Waals surface area contributed by atoms with Crippen LogP contribution < -0.4 is 0 Å². The number of hydrogen-bond acceptors (Lipinski definition) is 5. The zero-order valence-corrected chi connectivity index (χ0v) is 8.90. The highest BCUT2D eigenvalue weighted by molar-refractivity contribution is 5.79. The average molecular weight is 209 g/mol. The highest BCUT2D eigenvalue weighted by atomic mass is 16.4. The Labute approximate surface area is 88.5 Å². The molecule has 0 radical (unpaired) electrons. The smallest absolute Gasteiger partial charge is 0.230 e. The summed E-state index contributed by atoms with van der Waals surface area (Å²) in [6.45, 7) is 4.27. The Bertz CT molecular complexity index is 338. The number of nitrogens with zero attached hydrogens (tertiary/aromatic N) is 3. The minimum absolute atomic E-state index is 0.353. The summed E-state index contributed by atoms with van der Waals surface area (Å²) in [6.07, 6.45) is 2.06. The van der Waals surface area contributed by atoms with Crippen LogP contribution in [0.1, 0.15) is 31.5 Å². The highest BCUT2D eigenvalue weighted by Gasteiger charge is 2.18. The Morgan fingerprint density at radius 1 is 1.27 bits per heavy atom. The van der Waals surface area contributed by atoms with E-state index in [1.54, 1.807) is 0 Å². The van der Waals surface area contributed by atoms with E-state index in [2.05, 4.69) is 15.1 Å². The predicted molar refractivity (Wildman–Crippen MR) is 53.2 cm³/mol. The van der Waals surface area contributed by atoms with Crippen LogP contribution in [-0.4, -0.2) is 34.0 Å². The maximum Gasteiger partial charge on any atom is 0.230 e. The summed E-state index contributed by atoms with van der Waals surface area (Å²) in [5.74, 6) is 1.69. The maximum absolute atomic E-state index is 11.0. The standard InChI is InChI=1S/C10H15N3O2/c1-2-9-11-12-10(15-9)7-13-5-3-8(14)4-6-13/h2-7H2,1H3. The molecule has 0 unspecified atom stereocenters. The lowest BCUT2D eigenvalue weighted by Crippen LogP contribution is -2.33. The lowest BCUT2D eigenvalue weighted by atomic mass is 10.1. The van der Waals surface area contributed by atoms with Crippen LogP contribution in [0.15, 0.2) is 4.42 Å². The summed E-state index contributed by atoms with van der Waals surface area (Å²) in [7, 11) is 0. The molecule has 0 spiro atoms. The Hall–Kier alpha value is -1.23. The van der Waals surface area contributed by atoms with Crippen LogP contribution in [0.3, 0.4) is 0 Å². The van der Waals surface area contributed by atoms with Crippen molar-refractivity contribution in [2.45, 2.75) is 32.7 Å². The summed E-state index contributed by atoms with van der Waals surface area (Å²) < 4.78 is 5.41. The highest BCUT2D eigenvalue weighted by Crippen LogP contribution is 2.10. The van der Waals surface area contributed by atoms with Gasteiger partial charge in [0.05, 0.1) is 6.54 Å². The number of piperidine rings is 1. The van der Waals surface area contributed by atoms with Gasteiger partial charge in [-0.1, -0.05) is 6.92 Å². The third-order valence-corrected chi connectivity index (χ3v) is 2.58. The van der Waals surface area contributed by atoms with Gasteiger partial charge in [0.1, 0.15) is 5.78 Å². The molecule has 1 fully saturated rings. The minimum atomic E-state index is 0.353. The molecule has 15 heavy (non-hydrogen) atoms. The van der Waals surface area contributed by atoms with Gasteiger partial charge in [-0.2, -0.15) is 0 Å². The van der Waals surface area contributed by atoms with Crippen molar-refractivity contribution < 1.29 is 9.21 Å². The van der Waals surface area contributed by atoms with E-state index in [1.807, 2.05) is 6.92 Å². The summed E-state index contributed by atoms with van der Waals surface area (Å²) >= 11 is 0. The van der Waals surface area contributed by atoms with Crippen molar-refractivity contribution in [3.63, 3.8) is 0 Å². The molecule has 0 amide bonds. The Balaban J connectivity index is 1.88. The van der Waals surface area contributed by atoms with Gasteiger partial charge in [-0.25, -0.2) is 0 Å². The van der Waals surface area contributed by atoms with Crippen LogP contribution in [0.25, 0.3) is 0 Å². The van der Waals surface area contributed by atoms with Gasteiger partial charge in [-0.3, -0.25) is 9.69 Å². The normalized spacial score (nSPS) is 18.3. The minimum Gasteiger partial charge on any atom is -0.424 e. The largest absolute Gasteiger partial charge is 0.424 e. The molecule has 2 rings (SSSR count). The van der Waals surface area contributed by atoms with Crippen LogP contribution >= 0.6 is 0 Å². The summed E-state index contributed by atoms with van der Waals surface area (Å²) in [5, 5.41) is 7.86. The van der Waals surface area contributed by atoms with E-state index >= 15 is 0 Å². The lowest BCUT2D eigenvalue weighted by molar-refractivity contribution is -0.121. The molecule has 1 aromatic rings. The quantitative estimate of drug-likeness (QED) is 0.736. The Morgan fingerprint density at radius 2 is 1.93 bits per heavy atom. The molecule has 1 aromatic heterocycles. The van der Waals surface area contributed by atoms with Crippen molar-refractivity contribution in [1.29, 1.82) is 0 Å². The molecular formula is C10H15N3O2. The van der Waals surface area contributed by atoms with Gasteiger partial charge < -0.3 is 4.42 Å². The molecule has 0 N–H and O–H groups in total. The second-order valence-electron chi connectivity index (χ2n) is 3.76. The number of ketones is 1. The van der Waals surface area contributed by atoms with Crippen molar-refractivity contribution >= 4 is 5.78 Å². The van der Waals surface area contributed by atoms with Gasteiger partial charge in [-0.05, 0) is 0 Å². The van der Waals surface area contributed by atoms with Gasteiger partial charge in [-0.15, -0.1) is 10.2 Å². The van der Waals surface area contributed by atoms with E-state index in [-0.39, 0.29) is 0 Å². The van der Waals surface area contributed by atoms with E-state index in [9.17, 15) is 4.79 Å². The molecule has 2 heterocycles. The van der Waals surface area contributed by atoms with Gasteiger partial charge in [0.15, 0.2) is 0 Å². The SMILES string of the molecule is CCc1nnc(CN2CCC(=O)CC2)o1. The lowest BCUT2D eigenvalue weighted by Gasteiger charge is -2.23. The first-order valence-electron chi connectivity index (χ1n) is 5.33. The topological polar surface area (TPSA) is 59.2 Å². The molecule has 82 valence electrons. The van der Waals surface area contributed by atoms with Crippen molar-refractivity contribution in [3.05, 3.63) is 11.8 Å². The molecule has 1 saturated heterocycles. The number of carbonyl (C=O) groups is 1. The molecule has 0 aromatic carbocycles. The van der Waals surface area contributed by atoms with E-state index in [0.717, 1.165) is 19.5 Å². The van der Waals surface area contributed by atoms with Gasteiger partial charge in [0, 0.05) is 32.4 Å². The number of Topliss-reactive ketones (excluding diaryl/α,β-unsaturated/α-hetero) is 1. The van der Waals surface area contributed by atoms with Crippen molar-refractivity contribution in [1.82, 2.24) is 15.1 Å². The van der Waals surface area contributed by atoms with Crippen LogP contribution in [0.4, 0.5) is 0 Å². The van der Waals surface area contributed by atoms with E-state index < -0.39 is 0 Å². The van der Waals surface area contributed by atoms with Crippen molar-refractivity contribution in [3.8, 4) is 0 Å². The van der Waals surface area contributed by atoms with Crippen molar-refractivity contribution in [2.24, 2.45) is 0 Å². The number of aromatic nitrogens is 2. The third-order valence-electron chi connectivity index (χ3n) is 2.58. The number of hydrogen-bond donors (Lipinski definition) is 0. The third kappa shape index (κ3) is 2.62. The second-order valence-corrected chi connectivity index (χ2v) is 3.76. The zero-order chi connectivity index (χ0) is 10.7. The molecule has 0 bridgehead atoms. The average Bonchev–Trinajstić information content (AvgIpc) is 2.69. The fourth-order valence-corrected chi connectivity index (χ4v) is 1.65. The van der Waals surface area contributed by atoms with Crippen LogP contribution in [0, 0.1) is 0 Å². The van der Waals surface area contributed by atoms with Crippen molar-refractivity contribution in [2.75, 3.05) is 13.1 Å². The number of aryl methyl sites for hydroxylation is 1. The molecule has 5 nitrogen and oxygen atoms in total. The van der Waals surface area contributed by atoms with Gasteiger partial charge >= 0.3 is 0 Å². The first kappa shape index (κ1) is 10.3. The molecule has 1 aliphatic rings. The van der Waals surface area contributed by atoms with E-state index in [0.29, 0.717) is 37.0 Å². The Morgan fingerprint density at radius 3 is 2.53 bits per heavy atom. The molecule has 0 atom stereocenters. The molecule has 5 heteroatoms. The molecule has 1 aliphatic heterocycles. The first-order valence-corrected chi connectivity index (χ1v) is 5.33. The summed E-state index contributed by atoms with van der Waals surface area (Å²) in [4.78, 5) is 13.2. The number of rotatable bonds is 3. The van der Waals surface area contributed by atoms with Gasteiger partial charge in [0.2, 0.25) is 11.8 Å². The van der Waals surface area contributed by atoms with E-state index in [1.165, 1.54) is 0 Å².